The van der Waals surface area contributed by atoms with Gasteiger partial charge >= 0.3 is 17.9 Å². The minimum absolute atomic E-state index is 0. The van der Waals surface area contributed by atoms with E-state index in [1.165, 1.54) is 12.1 Å². The number of hydrogen-bond acceptors (Lipinski definition) is 17. The standard InChI is InChI=1S/C15H21NO4.C13H15NO3.C8H11NO.C7H13NO3.C4H5NO2.ClH/c1-5-19-14(10-15(17)20-6-2)16-12-8-7-9-13(18-4)11(12)3;1-4-17-12-7-10(15)9-5-6-11(16-3)8(2)13(9)14-12;1-6-7(9)4-3-5-8(6)10-2;1-3-10-6(8)5-7(9)11-4-2;1-2-7-4(6)3-5;/h7-9H,5-6,10H2,1-4H3;5-7H,4H2,1-3H3,(H,14,15);3-5H,9H2,1-2H3;8H,3-5H2,1-2H3;2H2,1H3;1H. The number of nitrogens with zero attached hydrogens (tertiary/aromatic N) is 2. The number of aromatic amines is 1. The highest BCUT2D eigenvalue weighted by molar-refractivity contribution is 5.96. The van der Waals surface area contributed by atoms with Crippen molar-refractivity contribution < 1.29 is 57.0 Å². The molecular formula is C47H66ClN5O13. The fraction of sp³-hybridized carbons (Fsp3) is 0.426. The largest absolute Gasteiger partial charge is 0.496 e. The van der Waals surface area contributed by atoms with Crippen LogP contribution in [0.5, 0.6) is 23.1 Å². The molecule has 0 aliphatic rings. The van der Waals surface area contributed by atoms with Gasteiger partial charge in [0.2, 0.25) is 0 Å². The Balaban J connectivity index is 0. The number of esters is 3. The summed E-state index contributed by atoms with van der Waals surface area (Å²) in [5.41, 5.74) is 10.6. The zero-order chi connectivity index (χ0) is 49.3. The molecule has 19 heteroatoms. The summed E-state index contributed by atoms with van der Waals surface area (Å²) in [5.74, 6) is 1.57. The minimum Gasteiger partial charge on any atom is -0.496 e. The number of nitrogen functional groups attached to an aromatic ring is 1. The Hall–Kier alpha value is -7.00. The second-order valence-electron chi connectivity index (χ2n) is 12.6. The quantitative estimate of drug-likeness (QED) is 0.0253. The number of aryl methyl sites for hydroxylation is 1. The maximum Gasteiger partial charge on any atom is 0.411 e. The third-order valence-corrected chi connectivity index (χ3v) is 8.18. The van der Waals surface area contributed by atoms with Gasteiger partial charge in [-0.1, -0.05) is 12.1 Å². The third-order valence-electron chi connectivity index (χ3n) is 8.18. The highest BCUT2D eigenvalue weighted by atomic mass is 35.5. The molecule has 1 aromatic heterocycles. The molecule has 18 nitrogen and oxygen atoms in total. The van der Waals surface area contributed by atoms with Crippen LogP contribution in [0.25, 0.3) is 10.9 Å². The van der Waals surface area contributed by atoms with Crippen LogP contribution >= 0.6 is 12.4 Å². The number of pyridine rings is 1. The van der Waals surface area contributed by atoms with E-state index in [9.17, 15) is 19.2 Å². The Labute approximate surface area is 393 Å². The van der Waals surface area contributed by atoms with Crippen molar-refractivity contribution in [2.45, 2.75) is 75.2 Å². The molecule has 364 valence electrons. The van der Waals surface area contributed by atoms with Gasteiger partial charge in [-0.25, -0.2) is 9.79 Å². The van der Waals surface area contributed by atoms with Crippen LogP contribution in [-0.4, -0.2) is 95.7 Å². The summed E-state index contributed by atoms with van der Waals surface area (Å²) >= 11 is 0. The predicted molar refractivity (Wildman–Crippen MR) is 257 cm³/mol. The van der Waals surface area contributed by atoms with E-state index < -0.39 is 11.9 Å². The summed E-state index contributed by atoms with van der Waals surface area (Å²) in [6.45, 7) is 18.7. The van der Waals surface area contributed by atoms with Crippen LogP contribution in [0.2, 0.25) is 0 Å². The number of hydrogen-bond donors (Lipinski definition) is 3. The van der Waals surface area contributed by atoms with Crippen LogP contribution in [-0.2, 0) is 38.1 Å². The molecule has 3 aromatic carbocycles. The monoisotopic (exact) mass is 943 g/mol. The van der Waals surface area contributed by atoms with E-state index >= 15 is 0 Å². The first-order chi connectivity index (χ1) is 31.0. The lowest BCUT2D eigenvalue weighted by Crippen LogP contribution is -2.14. The highest BCUT2D eigenvalue weighted by Crippen LogP contribution is 2.28. The topological polar surface area (TPSA) is 253 Å². The lowest BCUT2D eigenvalue weighted by Gasteiger charge is -2.10. The van der Waals surface area contributed by atoms with Gasteiger partial charge in [-0.15, -0.1) is 12.4 Å². The zero-order valence-electron chi connectivity index (χ0n) is 40.0. The molecular weight excluding hydrogens is 878 g/mol. The van der Waals surface area contributed by atoms with Gasteiger partial charge in [-0.3, -0.25) is 19.8 Å². The number of halogens is 1. The fourth-order valence-corrected chi connectivity index (χ4v) is 5.16. The number of ether oxygens (including phenoxy) is 9. The normalized spacial score (nSPS) is 9.71. The molecule has 0 aliphatic heterocycles. The molecule has 1 heterocycles. The van der Waals surface area contributed by atoms with Crippen molar-refractivity contribution in [2.75, 3.05) is 66.7 Å². The first kappa shape index (κ1) is 61.1. The van der Waals surface area contributed by atoms with Crippen LogP contribution in [0.3, 0.4) is 0 Å². The first-order valence-electron chi connectivity index (χ1n) is 20.7. The smallest absolute Gasteiger partial charge is 0.411 e. The molecule has 4 N–H and O–H groups in total. The lowest BCUT2D eigenvalue weighted by atomic mass is 10.1. The van der Waals surface area contributed by atoms with Gasteiger partial charge in [-0.2, -0.15) is 5.26 Å². The number of rotatable bonds is 15. The maximum absolute atomic E-state index is 11.9. The van der Waals surface area contributed by atoms with Crippen LogP contribution in [0.4, 0.5) is 11.4 Å². The average Bonchev–Trinajstić information content (AvgIpc) is 3.27. The summed E-state index contributed by atoms with van der Waals surface area (Å²) in [6, 6.07) is 17.5. The Bertz CT molecular complexity index is 2220. The van der Waals surface area contributed by atoms with Gasteiger partial charge in [0.05, 0.1) is 72.2 Å². The van der Waals surface area contributed by atoms with E-state index in [0.717, 1.165) is 50.8 Å². The maximum atomic E-state index is 11.9. The summed E-state index contributed by atoms with van der Waals surface area (Å²) in [7, 11) is 4.86. The fourth-order valence-electron chi connectivity index (χ4n) is 5.16. The second-order valence-corrected chi connectivity index (χ2v) is 12.6. The summed E-state index contributed by atoms with van der Waals surface area (Å²) < 4.78 is 44.7. The molecule has 4 aromatic rings. The van der Waals surface area contributed by atoms with E-state index in [0.29, 0.717) is 50.2 Å². The SMILES string of the molecule is CCOC(=N)CC(=O)OCC.CCOC(=O)C#N.CCOC(=O)CC(=Nc1cccc(OC)c1C)OCC.CCOc1cc(=O)c2ccc(OC)c(C)c2[nH]1.COc1cccc(N)c1C.Cl. The number of nitriles is 1. The predicted octanol–water partition coefficient (Wildman–Crippen LogP) is 8.30. The van der Waals surface area contributed by atoms with Crippen molar-refractivity contribution in [3.63, 3.8) is 0 Å². The molecule has 0 unspecified atom stereocenters. The van der Waals surface area contributed by atoms with E-state index in [2.05, 4.69) is 19.5 Å². The van der Waals surface area contributed by atoms with Crippen LogP contribution in [0.15, 0.2) is 64.4 Å². The second kappa shape index (κ2) is 35.4. The molecule has 66 heavy (non-hydrogen) atoms. The Kier molecular flexibility index (Phi) is 32.7. The van der Waals surface area contributed by atoms with Crippen LogP contribution in [0.1, 0.15) is 71.1 Å². The number of aromatic nitrogens is 1. The van der Waals surface area contributed by atoms with Crippen molar-refractivity contribution in [1.82, 2.24) is 4.98 Å². The number of nitrogens with two attached hydrogens (primary N) is 1. The van der Waals surface area contributed by atoms with Crippen LogP contribution in [0, 0.1) is 37.5 Å². The molecule has 0 amide bonds. The molecule has 0 saturated heterocycles. The number of aliphatic imine (C=N–C) groups is 1. The lowest BCUT2D eigenvalue weighted by molar-refractivity contribution is -0.142. The number of nitrogens with one attached hydrogen (secondary N) is 2. The van der Waals surface area contributed by atoms with Crippen molar-refractivity contribution in [3.05, 3.63) is 81.5 Å². The molecule has 0 radical (unpaired) electrons. The number of fused-ring (bicyclic) bond motifs is 1. The summed E-state index contributed by atoms with van der Waals surface area (Å²) in [5, 5.41) is 15.5. The average molecular weight is 945 g/mol. The van der Waals surface area contributed by atoms with Gasteiger partial charge < -0.3 is 53.3 Å². The Morgan fingerprint density at radius 2 is 1.20 bits per heavy atom. The Morgan fingerprint density at radius 1 is 0.682 bits per heavy atom. The van der Waals surface area contributed by atoms with Crippen LogP contribution < -0.4 is 30.1 Å². The summed E-state index contributed by atoms with van der Waals surface area (Å²) in [4.78, 5) is 51.4. The van der Waals surface area contributed by atoms with E-state index in [1.807, 2.05) is 71.0 Å². The van der Waals surface area contributed by atoms with Crippen molar-refractivity contribution in [1.29, 1.82) is 10.7 Å². The zero-order valence-corrected chi connectivity index (χ0v) is 40.9. The van der Waals surface area contributed by atoms with Gasteiger partial charge in [0.1, 0.15) is 30.1 Å². The summed E-state index contributed by atoms with van der Waals surface area (Å²) in [6.07, 6.45) is -0.0417. The molecule has 0 aliphatic carbocycles. The molecule has 0 fully saturated rings. The van der Waals surface area contributed by atoms with Gasteiger partial charge in [0.25, 0.3) is 0 Å². The van der Waals surface area contributed by atoms with Crippen molar-refractivity contribution in [2.24, 2.45) is 4.99 Å². The molecule has 0 spiro atoms. The first-order valence-corrected chi connectivity index (χ1v) is 20.7. The number of anilines is 1. The van der Waals surface area contributed by atoms with Gasteiger partial charge in [-0.05, 0) is 98.7 Å². The highest BCUT2D eigenvalue weighted by Gasteiger charge is 2.12. The number of carbonyl (C=O) groups is 3. The van der Waals surface area contributed by atoms with Crippen molar-refractivity contribution in [3.8, 4) is 29.2 Å². The molecule has 0 atom stereocenters. The van der Waals surface area contributed by atoms with E-state index in [4.69, 9.17) is 49.6 Å². The van der Waals surface area contributed by atoms with E-state index in [-0.39, 0.29) is 49.2 Å². The molecule has 4 rings (SSSR count). The third kappa shape index (κ3) is 23.1. The number of methoxy groups -OCH3 is 3. The number of carbonyl (C=O) groups excluding carboxylic acids is 3. The minimum atomic E-state index is -0.817. The van der Waals surface area contributed by atoms with E-state index in [1.54, 1.807) is 61.2 Å². The van der Waals surface area contributed by atoms with Gasteiger partial charge in [0.15, 0.2) is 29.2 Å². The number of benzene rings is 3. The number of H-pyrrole nitrogens is 1. The molecule has 0 bridgehead atoms. The Morgan fingerprint density at radius 3 is 1.68 bits per heavy atom. The molecule has 0 saturated carbocycles. The van der Waals surface area contributed by atoms with Gasteiger partial charge in [0, 0.05) is 33.8 Å². The van der Waals surface area contributed by atoms with Crippen molar-refractivity contribution >= 4 is 64.4 Å².